The quantitative estimate of drug-likeness (QED) is 0.204. The summed E-state index contributed by atoms with van der Waals surface area (Å²) in [4.78, 5) is 28.2. The Balaban J connectivity index is 0.000000317. The number of carbonyl (C=O) groups is 2. The molecular weight excluding hydrogens is 1110 g/mol. The van der Waals surface area contributed by atoms with Gasteiger partial charge in [0.2, 0.25) is 9.28 Å². The second-order valence-corrected chi connectivity index (χ2v) is 148. The third kappa shape index (κ3) is 5.16. The van der Waals surface area contributed by atoms with E-state index in [9.17, 15) is 9.59 Å². The van der Waals surface area contributed by atoms with Gasteiger partial charge in [-0.15, -0.1) is 0 Å². The molecule has 0 atom stereocenters. The number of rotatable bonds is 2. The predicted molar refractivity (Wildman–Crippen MR) is 220 cm³/mol. The van der Waals surface area contributed by atoms with E-state index in [1.54, 1.807) is 0 Å². The van der Waals surface area contributed by atoms with Crippen LogP contribution in [-0.2, 0) is 9.59 Å². The van der Waals surface area contributed by atoms with Gasteiger partial charge in [0.15, 0.2) is 23.8 Å². The van der Waals surface area contributed by atoms with Gasteiger partial charge in [-0.05, 0) is 0 Å². The van der Waals surface area contributed by atoms with Crippen LogP contribution in [0.4, 0.5) is 0 Å². The van der Waals surface area contributed by atoms with E-state index in [1.165, 1.54) is 0 Å². The normalized spacial score (nSPS) is 44.7. The summed E-state index contributed by atoms with van der Waals surface area (Å²) in [6.45, 7) is 33.0. The summed E-state index contributed by atoms with van der Waals surface area (Å²) < 4.78 is 0.818. The summed E-state index contributed by atoms with van der Waals surface area (Å²) in [6.07, 6.45) is 0. The van der Waals surface area contributed by atoms with Crippen molar-refractivity contribution in [2.45, 2.75) is 115 Å². The third-order valence-corrected chi connectivity index (χ3v) is 46.9. The van der Waals surface area contributed by atoms with Crippen LogP contribution in [0.3, 0.4) is 0 Å². The first-order chi connectivity index (χ1) is 18.0. The molecular formula is C24H42Cl12O2P4Sb2. The minimum atomic E-state index is -5.42. The molecule has 6 aliphatic rings. The Labute approximate surface area is 307 Å². The Morgan fingerprint density at radius 1 is 0.455 bits per heavy atom. The third-order valence-electron chi connectivity index (χ3n) is 9.65. The van der Waals surface area contributed by atoms with Crippen LogP contribution >= 0.6 is 136 Å². The molecule has 6 saturated heterocycles. The Morgan fingerprint density at radius 3 is 0.705 bits per heavy atom. The summed E-state index contributed by atoms with van der Waals surface area (Å²) in [7, 11) is 45.5. The van der Waals surface area contributed by atoms with Gasteiger partial charge in [-0.25, -0.2) is 0 Å². The maximum atomic E-state index is 14.1. The van der Waals surface area contributed by atoms with Gasteiger partial charge in [-0.1, -0.05) is 83.1 Å². The molecule has 0 radical (unpaired) electrons. The molecule has 6 rings (SSSR count). The fourth-order valence-electron chi connectivity index (χ4n) is 10.5. The molecule has 0 aromatic heterocycles. The molecule has 264 valence electrons. The average molecular weight is 1160 g/mol. The van der Waals surface area contributed by atoms with E-state index in [4.69, 9.17) is 106 Å². The Hall–Kier alpha value is 6.18. The van der Waals surface area contributed by atoms with Gasteiger partial charge in [0, 0.05) is 35.5 Å². The van der Waals surface area contributed by atoms with Crippen molar-refractivity contribution in [2.75, 3.05) is 0 Å². The second-order valence-electron chi connectivity index (χ2n) is 16.5. The van der Waals surface area contributed by atoms with Crippen LogP contribution in [0.15, 0.2) is 0 Å². The van der Waals surface area contributed by atoms with Crippen LogP contribution in [0.5, 0.6) is 0 Å². The standard InChI is InChI=1S/C24H42O2P4.12ClH.2Sb/c1-15(25)29-21(17(3,4)5)27-22(18(6,7)8)28(21)24(29,20(12,13)14)30(22,16(2)26)23(27,29)19(9,10)11;;;;;;;;;;;;;;/h1-14H3;12*1H;;/q+2;;;;;;;;;;;;;2*+5/p-12. The first-order valence-electron chi connectivity index (χ1n) is 13.6. The van der Waals surface area contributed by atoms with E-state index in [1.807, 2.05) is 13.8 Å². The summed E-state index contributed by atoms with van der Waals surface area (Å²) in [5, 5.41) is 0. The summed E-state index contributed by atoms with van der Waals surface area (Å²) in [6, 6.07) is 0. The molecule has 0 N–H and O–H groups in total. The average Bonchev–Trinajstić information content (AvgIpc) is 2.56. The van der Waals surface area contributed by atoms with Gasteiger partial charge in [0.1, 0.15) is 0 Å². The van der Waals surface area contributed by atoms with Crippen LogP contribution in [0.2, 0.25) is 0 Å². The molecule has 0 saturated carbocycles. The topological polar surface area (TPSA) is 34.1 Å². The molecule has 6 aliphatic heterocycles. The van der Waals surface area contributed by atoms with E-state index in [0.29, 0.717) is 20.3 Å². The molecule has 44 heavy (non-hydrogen) atoms. The molecule has 2 nitrogen and oxygen atoms in total. The van der Waals surface area contributed by atoms with E-state index in [2.05, 4.69) is 83.1 Å². The molecule has 6 heterocycles. The molecule has 0 spiro atoms. The van der Waals surface area contributed by atoms with Crippen molar-refractivity contribution < 1.29 is 9.59 Å². The number of hydrogen-bond acceptors (Lipinski definition) is 2. The predicted octanol–water partition coefficient (Wildman–Crippen LogP) is 16.5. The zero-order valence-corrected chi connectivity index (χ0v) is 44.8. The number of hydrogen-bond donors (Lipinski definition) is 0. The monoisotopic (exact) mass is 1150 g/mol. The fraction of sp³-hybridized carbons (Fsp3) is 0.917. The Kier molecular flexibility index (Phi) is 9.88. The molecule has 20 heteroatoms. The van der Waals surface area contributed by atoms with Gasteiger partial charge in [-0.3, -0.25) is 9.59 Å². The van der Waals surface area contributed by atoms with Crippen LogP contribution in [-0.4, -0.2) is 47.9 Å². The molecule has 0 aromatic rings. The molecule has 0 aliphatic carbocycles. The number of carbonyl (C=O) groups excluding carboxylic acids is 2. The van der Waals surface area contributed by atoms with Gasteiger partial charge < -0.3 is 0 Å². The van der Waals surface area contributed by atoms with Crippen molar-refractivity contribution in [3.05, 3.63) is 0 Å². The van der Waals surface area contributed by atoms with E-state index >= 15 is 0 Å². The zero-order valence-electron chi connectivity index (χ0n) is 27.0. The summed E-state index contributed by atoms with van der Waals surface area (Å²) >= 11 is 0. The first kappa shape index (κ1) is 44.6. The van der Waals surface area contributed by atoms with Crippen LogP contribution in [0.25, 0.3) is 0 Å². The van der Waals surface area contributed by atoms with E-state index < -0.39 is 32.8 Å². The van der Waals surface area contributed by atoms with Gasteiger partial charge in [0.05, 0.1) is 15.8 Å². The maximum absolute atomic E-state index is 14.1. The van der Waals surface area contributed by atoms with Crippen molar-refractivity contribution in [3.8, 4) is 0 Å². The van der Waals surface area contributed by atoms with E-state index in [0.717, 1.165) is 0 Å². The Bertz CT molecular complexity index is 1230. The Morgan fingerprint density at radius 2 is 0.614 bits per heavy atom. The summed E-state index contributed by atoms with van der Waals surface area (Å²) in [5.41, 5.74) is 1.54. The fourth-order valence-corrected chi connectivity index (χ4v) is 74.3. The van der Waals surface area contributed by atoms with Crippen molar-refractivity contribution in [2.24, 2.45) is 21.7 Å². The van der Waals surface area contributed by atoms with Crippen LogP contribution in [0.1, 0.15) is 96.9 Å². The van der Waals surface area contributed by atoms with Gasteiger partial charge >= 0.3 is 124 Å². The minimum absolute atomic E-state index is 0.0533. The SMILES string of the molecule is CC(=O)[P+]12C3(C(C)(C)C)P4C5(C(C)(C)C)P3C1(C(C)(C)C)[P+]5(C(C)=O)C42C(C)(C)C.[Cl][Sb-]([Cl])([Cl])([Cl])([Cl])[Cl].[Cl][Sb-]([Cl])([Cl])([Cl])([Cl])[Cl]. The van der Waals surface area contributed by atoms with Crippen molar-refractivity contribution in [1.82, 2.24) is 0 Å². The molecule has 0 bridgehead atoms. The van der Waals surface area contributed by atoms with Crippen molar-refractivity contribution in [3.63, 3.8) is 0 Å². The van der Waals surface area contributed by atoms with Crippen molar-refractivity contribution >= 4 is 166 Å². The van der Waals surface area contributed by atoms with E-state index in [-0.39, 0.29) is 46.8 Å². The molecule has 6 fully saturated rings. The van der Waals surface area contributed by atoms with Gasteiger partial charge in [-0.2, -0.15) is 0 Å². The molecule has 0 unspecified atom stereocenters. The zero-order chi connectivity index (χ0) is 36.1. The second kappa shape index (κ2) is 9.75. The first-order valence-corrected chi connectivity index (χ1v) is 58.6. The summed E-state index contributed by atoms with van der Waals surface area (Å²) in [5.74, 6) is 0. The van der Waals surface area contributed by atoms with Crippen LogP contribution in [0, 0.1) is 21.7 Å². The van der Waals surface area contributed by atoms with Gasteiger partial charge in [0.25, 0.3) is 11.0 Å². The molecule has 0 amide bonds. The number of halogens is 12. The van der Waals surface area contributed by atoms with Crippen LogP contribution < -0.4 is 0 Å². The van der Waals surface area contributed by atoms with Crippen molar-refractivity contribution in [1.29, 1.82) is 0 Å². The molecule has 0 aromatic carbocycles.